The third-order valence-electron chi connectivity index (χ3n) is 2.47. The molecule has 1 aromatic heterocycles. The van der Waals surface area contributed by atoms with Gasteiger partial charge in [-0.25, -0.2) is 4.98 Å². The molecule has 0 bridgehead atoms. The van der Waals surface area contributed by atoms with E-state index in [2.05, 4.69) is 4.98 Å². The van der Waals surface area contributed by atoms with E-state index in [-0.39, 0.29) is 6.04 Å². The Morgan fingerprint density at radius 1 is 1.35 bits per heavy atom. The zero-order valence-corrected chi connectivity index (χ0v) is 11.6. The zero-order chi connectivity index (χ0) is 12.4. The van der Waals surface area contributed by atoms with E-state index in [1.54, 1.807) is 17.4 Å². The van der Waals surface area contributed by atoms with Crippen molar-refractivity contribution in [1.82, 2.24) is 4.98 Å². The van der Waals surface area contributed by atoms with Crippen molar-refractivity contribution >= 4 is 34.5 Å². The standard InChI is InChI=1S/C12H12Cl2N2S/c1-7-16-9(6-17-7)5-12(15)8-2-3-10(13)11(14)4-8/h2-4,6,12H,5,15H2,1H3. The number of aromatic nitrogens is 1. The summed E-state index contributed by atoms with van der Waals surface area (Å²) in [6, 6.07) is 5.38. The Hall–Kier alpha value is -0.610. The molecule has 0 amide bonds. The van der Waals surface area contributed by atoms with Gasteiger partial charge in [0.05, 0.1) is 20.7 Å². The molecule has 5 heteroatoms. The molecule has 2 nitrogen and oxygen atoms in total. The van der Waals surface area contributed by atoms with E-state index in [1.807, 2.05) is 24.4 Å². The van der Waals surface area contributed by atoms with E-state index in [0.717, 1.165) is 16.3 Å². The number of rotatable bonds is 3. The fourth-order valence-corrected chi connectivity index (χ4v) is 2.52. The number of nitrogens with two attached hydrogens (primary N) is 1. The second kappa shape index (κ2) is 5.36. The molecule has 1 atom stereocenters. The highest BCUT2D eigenvalue weighted by Gasteiger charge is 2.10. The molecule has 0 aliphatic heterocycles. The monoisotopic (exact) mass is 286 g/mol. The molecule has 2 rings (SSSR count). The first-order valence-corrected chi connectivity index (χ1v) is 6.81. The molecule has 2 N–H and O–H groups in total. The average Bonchev–Trinajstić information content (AvgIpc) is 2.68. The van der Waals surface area contributed by atoms with Crippen LogP contribution in [0.1, 0.15) is 22.3 Å². The third kappa shape index (κ3) is 3.19. The van der Waals surface area contributed by atoms with Crippen LogP contribution >= 0.6 is 34.5 Å². The van der Waals surface area contributed by atoms with Gasteiger partial charge in [-0.2, -0.15) is 0 Å². The van der Waals surface area contributed by atoms with Crippen LogP contribution in [0.5, 0.6) is 0 Å². The highest BCUT2D eigenvalue weighted by molar-refractivity contribution is 7.09. The van der Waals surface area contributed by atoms with Gasteiger partial charge in [-0.05, 0) is 24.6 Å². The van der Waals surface area contributed by atoms with Crippen molar-refractivity contribution in [2.24, 2.45) is 5.73 Å². The molecule has 0 saturated heterocycles. The third-order valence-corrected chi connectivity index (χ3v) is 4.03. The summed E-state index contributed by atoms with van der Waals surface area (Å²) in [5.74, 6) is 0. The quantitative estimate of drug-likeness (QED) is 0.926. The lowest BCUT2D eigenvalue weighted by atomic mass is 10.0. The number of hydrogen-bond donors (Lipinski definition) is 1. The fraction of sp³-hybridized carbons (Fsp3) is 0.250. The maximum Gasteiger partial charge on any atom is 0.0897 e. The van der Waals surface area contributed by atoms with Gasteiger partial charge in [-0.1, -0.05) is 29.3 Å². The summed E-state index contributed by atoms with van der Waals surface area (Å²) in [6.45, 7) is 1.98. The van der Waals surface area contributed by atoms with Crippen molar-refractivity contribution in [2.75, 3.05) is 0 Å². The molecule has 0 aliphatic carbocycles. The van der Waals surface area contributed by atoms with Gasteiger partial charge in [-0.15, -0.1) is 11.3 Å². The van der Waals surface area contributed by atoms with Gasteiger partial charge in [0.2, 0.25) is 0 Å². The normalized spacial score (nSPS) is 12.7. The molecule has 1 aromatic carbocycles. The van der Waals surface area contributed by atoms with Crippen LogP contribution in [-0.2, 0) is 6.42 Å². The van der Waals surface area contributed by atoms with Gasteiger partial charge in [0, 0.05) is 17.8 Å². The summed E-state index contributed by atoms with van der Waals surface area (Å²) in [6.07, 6.45) is 0.711. The van der Waals surface area contributed by atoms with Gasteiger partial charge >= 0.3 is 0 Å². The van der Waals surface area contributed by atoms with Crippen LogP contribution in [0, 0.1) is 6.92 Å². The predicted molar refractivity (Wildman–Crippen MR) is 73.9 cm³/mol. The predicted octanol–water partition coefficient (Wildman–Crippen LogP) is 4.00. The lowest BCUT2D eigenvalue weighted by Crippen LogP contribution is -2.13. The molecule has 17 heavy (non-hydrogen) atoms. The number of benzene rings is 1. The molecular formula is C12H12Cl2N2S. The fourth-order valence-electron chi connectivity index (χ4n) is 1.59. The summed E-state index contributed by atoms with van der Waals surface area (Å²) in [7, 11) is 0. The Morgan fingerprint density at radius 2 is 2.12 bits per heavy atom. The van der Waals surface area contributed by atoms with E-state index < -0.39 is 0 Å². The second-order valence-electron chi connectivity index (χ2n) is 3.84. The molecule has 1 unspecified atom stereocenters. The van der Waals surface area contributed by atoms with E-state index >= 15 is 0 Å². The van der Waals surface area contributed by atoms with Crippen LogP contribution in [-0.4, -0.2) is 4.98 Å². The van der Waals surface area contributed by atoms with Crippen LogP contribution in [0.15, 0.2) is 23.6 Å². The highest BCUT2D eigenvalue weighted by Crippen LogP contribution is 2.26. The van der Waals surface area contributed by atoms with Gasteiger partial charge in [0.15, 0.2) is 0 Å². The van der Waals surface area contributed by atoms with E-state index in [1.165, 1.54) is 0 Å². The van der Waals surface area contributed by atoms with E-state index in [0.29, 0.717) is 16.5 Å². The van der Waals surface area contributed by atoms with Gasteiger partial charge in [0.1, 0.15) is 0 Å². The van der Waals surface area contributed by atoms with Crippen LogP contribution in [0.3, 0.4) is 0 Å². The van der Waals surface area contributed by atoms with E-state index in [9.17, 15) is 0 Å². The minimum absolute atomic E-state index is 0.105. The van der Waals surface area contributed by atoms with Crippen molar-refractivity contribution in [1.29, 1.82) is 0 Å². The van der Waals surface area contributed by atoms with Crippen LogP contribution in [0.25, 0.3) is 0 Å². The summed E-state index contributed by atoms with van der Waals surface area (Å²) in [5.41, 5.74) is 8.11. The summed E-state index contributed by atoms with van der Waals surface area (Å²) in [5, 5.41) is 4.18. The van der Waals surface area contributed by atoms with Crippen LogP contribution < -0.4 is 5.73 Å². The molecule has 0 spiro atoms. The Labute approximate surface area is 114 Å². The molecular weight excluding hydrogens is 275 g/mol. The number of thiazole rings is 1. The molecule has 1 heterocycles. The van der Waals surface area contributed by atoms with Gasteiger partial charge in [-0.3, -0.25) is 0 Å². The molecule has 0 saturated carbocycles. The number of hydrogen-bond acceptors (Lipinski definition) is 3. The number of nitrogens with zero attached hydrogens (tertiary/aromatic N) is 1. The lowest BCUT2D eigenvalue weighted by molar-refractivity contribution is 0.709. The average molecular weight is 287 g/mol. The van der Waals surface area contributed by atoms with Gasteiger partial charge in [0.25, 0.3) is 0 Å². The molecule has 0 radical (unpaired) electrons. The molecule has 90 valence electrons. The highest BCUT2D eigenvalue weighted by atomic mass is 35.5. The first-order chi connectivity index (χ1) is 8.06. The lowest BCUT2D eigenvalue weighted by Gasteiger charge is -2.11. The van der Waals surface area contributed by atoms with Crippen molar-refractivity contribution in [3.8, 4) is 0 Å². The second-order valence-corrected chi connectivity index (χ2v) is 5.72. The SMILES string of the molecule is Cc1nc(CC(N)c2ccc(Cl)c(Cl)c2)cs1. The first-order valence-electron chi connectivity index (χ1n) is 5.18. The topological polar surface area (TPSA) is 38.9 Å². The maximum absolute atomic E-state index is 6.12. The maximum atomic E-state index is 6.12. The Bertz CT molecular complexity index is 525. The van der Waals surface area contributed by atoms with Crippen molar-refractivity contribution < 1.29 is 0 Å². The molecule has 0 fully saturated rings. The smallest absolute Gasteiger partial charge is 0.0897 e. The Kier molecular flexibility index (Phi) is 4.05. The Morgan fingerprint density at radius 3 is 2.71 bits per heavy atom. The zero-order valence-electron chi connectivity index (χ0n) is 9.28. The molecule has 0 aliphatic rings. The first kappa shape index (κ1) is 12.8. The minimum Gasteiger partial charge on any atom is -0.324 e. The largest absolute Gasteiger partial charge is 0.324 e. The van der Waals surface area contributed by atoms with Crippen molar-refractivity contribution in [3.63, 3.8) is 0 Å². The van der Waals surface area contributed by atoms with Crippen LogP contribution in [0.2, 0.25) is 10.0 Å². The summed E-state index contributed by atoms with van der Waals surface area (Å²) >= 11 is 13.5. The number of halogens is 2. The van der Waals surface area contributed by atoms with E-state index in [4.69, 9.17) is 28.9 Å². The molecule has 2 aromatic rings. The van der Waals surface area contributed by atoms with Gasteiger partial charge < -0.3 is 5.73 Å². The summed E-state index contributed by atoms with van der Waals surface area (Å²) < 4.78 is 0. The summed E-state index contributed by atoms with van der Waals surface area (Å²) in [4.78, 5) is 4.40. The Balaban J connectivity index is 2.14. The minimum atomic E-state index is -0.105. The van der Waals surface area contributed by atoms with Crippen LogP contribution in [0.4, 0.5) is 0 Å². The number of aryl methyl sites for hydroxylation is 1. The van der Waals surface area contributed by atoms with Crippen molar-refractivity contribution in [2.45, 2.75) is 19.4 Å². The van der Waals surface area contributed by atoms with Crippen molar-refractivity contribution in [3.05, 3.63) is 49.9 Å².